The molecule has 0 bridgehead atoms. The first kappa shape index (κ1) is 27.0. The van der Waals surface area contributed by atoms with E-state index < -0.39 is 11.6 Å². The number of aryl methyl sites for hydroxylation is 1. The third-order valence-electron chi connectivity index (χ3n) is 7.08. The van der Waals surface area contributed by atoms with Crippen molar-refractivity contribution in [3.8, 4) is 5.75 Å². The number of fused-ring (bicyclic) bond motifs is 1. The fraction of sp³-hybridized carbons (Fsp3) is 0.414. The second-order valence-corrected chi connectivity index (χ2v) is 9.67. The van der Waals surface area contributed by atoms with Crippen LogP contribution in [0.1, 0.15) is 62.4 Å². The molecule has 200 valence electrons. The number of likely N-dealkylation sites (N-methyl/N-ethyl adjacent to an activating group) is 1. The van der Waals surface area contributed by atoms with Crippen molar-refractivity contribution < 1.29 is 19.1 Å². The maximum atomic E-state index is 13.6. The van der Waals surface area contributed by atoms with E-state index in [0.29, 0.717) is 17.1 Å². The molecule has 4 rings (SSSR count). The summed E-state index contributed by atoms with van der Waals surface area (Å²) in [6.07, 6.45) is 6.35. The average Bonchev–Trinajstić information content (AvgIpc) is 2.94. The average molecular weight is 519 g/mol. The van der Waals surface area contributed by atoms with Gasteiger partial charge in [-0.2, -0.15) is 0 Å². The van der Waals surface area contributed by atoms with Crippen LogP contribution < -0.4 is 20.9 Å². The van der Waals surface area contributed by atoms with Crippen molar-refractivity contribution in [3.63, 3.8) is 0 Å². The Morgan fingerprint density at radius 1 is 1.13 bits per heavy atom. The van der Waals surface area contributed by atoms with E-state index in [4.69, 9.17) is 4.74 Å². The molecule has 9 nitrogen and oxygen atoms in total. The summed E-state index contributed by atoms with van der Waals surface area (Å²) in [4.78, 5) is 54.2. The Hall–Kier alpha value is -4.01. The molecule has 2 N–H and O–H groups in total. The normalized spacial score (nSPS) is 14.6. The van der Waals surface area contributed by atoms with Crippen LogP contribution >= 0.6 is 0 Å². The van der Waals surface area contributed by atoms with Gasteiger partial charge >= 0.3 is 0 Å². The third-order valence-corrected chi connectivity index (χ3v) is 7.08. The molecule has 38 heavy (non-hydrogen) atoms. The van der Waals surface area contributed by atoms with Gasteiger partial charge in [-0.15, -0.1) is 0 Å². The number of carbonyl (C=O) groups is 3. The molecule has 1 unspecified atom stereocenters. The highest BCUT2D eigenvalue weighted by atomic mass is 16.5. The molecule has 1 fully saturated rings. The molecular weight excluding hydrogens is 484 g/mol. The molecule has 1 heterocycles. The zero-order chi connectivity index (χ0) is 27.1. The number of nitrogens with one attached hydrogen (secondary N) is 2. The van der Waals surface area contributed by atoms with Gasteiger partial charge in [0.25, 0.3) is 5.56 Å². The highest BCUT2D eigenvalue weighted by Gasteiger charge is 2.25. The number of aromatic nitrogens is 2. The van der Waals surface area contributed by atoms with Crippen LogP contribution in [0.25, 0.3) is 10.9 Å². The molecule has 2 amide bonds. The Morgan fingerprint density at radius 3 is 2.55 bits per heavy atom. The first-order chi connectivity index (χ1) is 18.4. The fourth-order valence-corrected chi connectivity index (χ4v) is 5.04. The molecule has 1 atom stereocenters. The van der Waals surface area contributed by atoms with Crippen molar-refractivity contribution in [1.29, 1.82) is 0 Å². The number of benzene rings is 2. The first-order valence-electron chi connectivity index (χ1n) is 13.1. The van der Waals surface area contributed by atoms with Gasteiger partial charge < -0.3 is 20.2 Å². The second-order valence-electron chi connectivity index (χ2n) is 9.67. The molecule has 3 aromatic rings. The third kappa shape index (κ3) is 6.10. The number of hydrogen-bond donors (Lipinski definition) is 2. The van der Waals surface area contributed by atoms with Crippen LogP contribution in [0.15, 0.2) is 47.3 Å². The van der Waals surface area contributed by atoms with E-state index in [2.05, 4.69) is 15.6 Å². The van der Waals surface area contributed by atoms with Gasteiger partial charge in [0.05, 0.1) is 5.52 Å². The van der Waals surface area contributed by atoms with Crippen molar-refractivity contribution in [2.24, 2.45) is 5.92 Å². The number of amides is 2. The minimum absolute atomic E-state index is 0.0757. The van der Waals surface area contributed by atoms with Gasteiger partial charge in [0.15, 0.2) is 0 Å². The molecule has 1 aromatic heterocycles. The summed E-state index contributed by atoms with van der Waals surface area (Å²) in [6.45, 7) is 1.87. The van der Waals surface area contributed by atoms with E-state index in [1.54, 1.807) is 25.1 Å². The monoisotopic (exact) mass is 518 g/mol. The Kier molecular flexibility index (Phi) is 8.89. The molecule has 0 spiro atoms. The molecule has 1 aliphatic rings. The van der Waals surface area contributed by atoms with Crippen LogP contribution in [0, 0.1) is 12.8 Å². The van der Waals surface area contributed by atoms with Crippen molar-refractivity contribution in [3.05, 3.63) is 64.2 Å². The van der Waals surface area contributed by atoms with E-state index in [1.807, 2.05) is 24.3 Å². The predicted molar refractivity (Wildman–Crippen MR) is 145 cm³/mol. The summed E-state index contributed by atoms with van der Waals surface area (Å²) in [6, 6.07) is 11.8. The second kappa shape index (κ2) is 12.5. The number of anilines is 1. The Labute approximate surface area is 221 Å². The summed E-state index contributed by atoms with van der Waals surface area (Å²) in [5, 5.41) is 5.85. The lowest BCUT2D eigenvalue weighted by molar-refractivity contribution is -0.124. The summed E-state index contributed by atoms with van der Waals surface area (Å²) in [5.41, 5.74) is 1.68. The molecule has 0 radical (unpaired) electrons. The van der Waals surface area contributed by atoms with Crippen LogP contribution in [-0.4, -0.2) is 34.7 Å². The highest BCUT2D eigenvalue weighted by molar-refractivity contribution is 5.92. The Bertz CT molecular complexity index is 1360. The molecule has 1 aliphatic carbocycles. The van der Waals surface area contributed by atoms with E-state index in [1.165, 1.54) is 18.0 Å². The molecule has 1 saturated carbocycles. The maximum Gasteiger partial charge on any atom is 0.265 e. The lowest BCUT2D eigenvalue weighted by Gasteiger charge is -2.21. The van der Waals surface area contributed by atoms with Crippen molar-refractivity contribution >= 4 is 34.7 Å². The predicted octanol–water partition coefficient (Wildman–Crippen LogP) is 4.07. The lowest BCUT2D eigenvalue weighted by Crippen LogP contribution is -2.37. The minimum Gasteiger partial charge on any atom is -0.488 e. The first-order valence-corrected chi connectivity index (χ1v) is 13.1. The van der Waals surface area contributed by atoms with E-state index in [0.717, 1.165) is 43.2 Å². The van der Waals surface area contributed by atoms with Gasteiger partial charge in [0, 0.05) is 25.1 Å². The van der Waals surface area contributed by atoms with Gasteiger partial charge in [-0.05, 0) is 56.0 Å². The molecule has 2 aromatic carbocycles. The molecule has 0 saturated heterocycles. The zero-order valence-electron chi connectivity index (χ0n) is 21.9. The summed E-state index contributed by atoms with van der Waals surface area (Å²) < 4.78 is 7.38. The Morgan fingerprint density at radius 2 is 1.87 bits per heavy atom. The molecular formula is C29H34N4O5. The van der Waals surface area contributed by atoms with Crippen LogP contribution in [0.4, 0.5) is 5.69 Å². The standard InChI is InChI=1S/C29H34N4O5/c1-19-31-23-10-6-12-25(26(23)29(37)33(19)24(11-7-17-34)28(36)30-2)38-18-20-13-15-22(16-14-20)32-27(35)21-8-4-3-5-9-21/h6,10,12-17,21,24H,3-5,7-9,11,18H2,1-2H3,(H,30,36)(H,32,35). The van der Waals surface area contributed by atoms with Gasteiger partial charge in [-0.3, -0.25) is 19.0 Å². The smallest absolute Gasteiger partial charge is 0.265 e. The molecule has 9 heteroatoms. The number of hydrogen-bond acceptors (Lipinski definition) is 6. The van der Waals surface area contributed by atoms with E-state index >= 15 is 0 Å². The van der Waals surface area contributed by atoms with Crippen LogP contribution in [-0.2, 0) is 21.0 Å². The largest absolute Gasteiger partial charge is 0.488 e. The minimum atomic E-state index is -0.862. The number of nitrogens with zero attached hydrogens (tertiary/aromatic N) is 2. The fourth-order valence-electron chi connectivity index (χ4n) is 5.04. The Balaban J connectivity index is 1.53. The topological polar surface area (TPSA) is 119 Å². The van der Waals surface area contributed by atoms with Crippen molar-refractivity contribution in [1.82, 2.24) is 14.9 Å². The SMILES string of the molecule is CNC(=O)C(CCC=O)n1c(C)nc2cccc(OCc3ccc(NC(=O)C4CCCCC4)cc3)c2c1=O. The van der Waals surface area contributed by atoms with Gasteiger partial charge in [0.1, 0.15) is 35.9 Å². The summed E-state index contributed by atoms with van der Waals surface area (Å²) in [5.74, 6) is 0.527. The van der Waals surface area contributed by atoms with Gasteiger partial charge in [-0.25, -0.2) is 4.98 Å². The van der Waals surface area contributed by atoms with Gasteiger partial charge in [0.2, 0.25) is 11.8 Å². The summed E-state index contributed by atoms with van der Waals surface area (Å²) in [7, 11) is 1.49. The number of ether oxygens (including phenoxy) is 1. The number of rotatable bonds is 10. The number of aldehydes is 1. The summed E-state index contributed by atoms with van der Waals surface area (Å²) >= 11 is 0. The quantitative estimate of drug-likeness (QED) is 0.391. The highest BCUT2D eigenvalue weighted by Crippen LogP contribution is 2.26. The molecule has 0 aliphatic heterocycles. The van der Waals surface area contributed by atoms with Crippen molar-refractivity contribution in [2.45, 2.75) is 64.5 Å². The van der Waals surface area contributed by atoms with E-state index in [9.17, 15) is 19.2 Å². The van der Waals surface area contributed by atoms with Crippen molar-refractivity contribution in [2.75, 3.05) is 12.4 Å². The zero-order valence-corrected chi connectivity index (χ0v) is 21.9. The number of carbonyl (C=O) groups excluding carboxylic acids is 3. The van der Waals surface area contributed by atoms with Crippen LogP contribution in [0.3, 0.4) is 0 Å². The van der Waals surface area contributed by atoms with E-state index in [-0.39, 0.29) is 42.6 Å². The van der Waals surface area contributed by atoms with Crippen LogP contribution in [0.5, 0.6) is 5.75 Å². The maximum absolute atomic E-state index is 13.6. The lowest BCUT2D eigenvalue weighted by atomic mass is 9.88. The van der Waals surface area contributed by atoms with Crippen LogP contribution in [0.2, 0.25) is 0 Å². The van der Waals surface area contributed by atoms with Gasteiger partial charge in [-0.1, -0.05) is 37.5 Å².